The summed E-state index contributed by atoms with van der Waals surface area (Å²) in [5, 5.41) is 53.6. The van der Waals surface area contributed by atoms with Gasteiger partial charge in [0.1, 0.15) is 0 Å². The summed E-state index contributed by atoms with van der Waals surface area (Å²) in [5.74, 6) is -13.1. The molecule has 14 heteroatoms. The maximum absolute atomic E-state index is 8.93. The number of carbonyl (C=O) groups excluding carboxylic acids is 6. The maximum atomic E-state index is 8.93. The average molecular weight is 616 g/mol. The number of carbonyl (C=O) groups is 6. The van der Waals surface area contributed by atoms with Crippen molar-refractivity contribution in [3.63, 3.8) is 0 Å². The third-order valence-corrected chi connectivity index (χ3v) is 3.58. The quantitative estimate of drug-likeness (QED) is 0.212. The molecule has 0 aliphatic carbocycles. The Morgan fingerprint density at radius 2 is 0.643 bits per heavy atom. The molecule has 0 amide bonds. The Bertz CT molecular complexity index is 362. The van der Waals surface area contributed by atoms with E-state index in [-0.39, 0.29) is 0 Å². The molecule has 0 aliphatic rings. The van der Waals surface area contributed by atoms with Crippen molar-refractivity contribution in [2.45, 2.75) is 48.4 Å². The zero-order chi connectivity index (χ0) is 23.7. The van der Waals surface area contributed by atoms with Crippen molar-refractivity contribution in [2.75, 3.05) is 0 Å². The van der Waals surface area contributed by atoms with Gasteiger partial charge < -0.3 is 59.4 Å². The minimum Gasteiger partial charge on any atom is -0.543 e. The van der Waals surface area contributed by atoms with Gasteiger partial charge in [-0.3, -0.25) is 0 Å². The Morgan fingerprint density at radius 1 is 0.500 bits per heavy atom. The molecule has 0 spiro atoms. The molecule has 0 saturated carbocycles. The first-order valence-electron chi connectivity index (χ1n) is 7.32. The molecule has 0 radical (unpaired) electrons. The smallest absolute Gasteiger partial charge is 0.0870 e. The number of aliphatic carboxylic acids is 6. The van der Waals surface area contributed by atoms with E-state index in [1.807, 2.05) is 0 Å². The van der Waals surface area contributed by atoms with E-state index in [0.717, 1.165) is 0 Å². The summed E-state index contributed by atoms with van der Waals surface area (Å²) < 4.78 is 2.87. The Labute approximate surface area is 188 Å². The van der Waals surface area contributed by atoms with Crippen molar-refractivity contribution < 1.29 is 59.4 Å². The molecule has 0 aromatic rings. The third kappa shape index (κ3) is 64.4. The Kier molecular flexibility index (Phi) is 40.1. The van der Waals surface area contributed by atoms with Crippen molar-refractivity contribution in [2.24, 2.45) is 0 Å². The second-order valence-corrected chi connectivity index (χ2v) is 6.79. The van der Waals surface area contributed by atoms with Gasteiger partial charge in [-0.2, -0.15) is 0 Å². The van der Waals surface area contributed by atoms with Gasteiger partial charge in [0.15, 0.2) is 0 Å². The van der Waals surface area contributed by atoms with Crippen LogP contribution in [0.1, 0.15) is 39.5 Å². The summed E-state index contributed by atoms with van der Waals surface area (Å²) in [4.78, 5) is 53.6. The van der Waals surface area contributed by atoms with Crippen LogP contribution in [0.2, 0.25) is 8.87 Å². The summed E-state index contributed by atoms with van der Waals surface area (Å²) in [5.41, 5.74) is 0. The zero-order valence-corrected chi connectivity index (χ0v) is 20.8. The largest absolute Gasteiger partial charge is 0.543 e. The van der Waals surface area contributed by atoms with E-state index in [1.54, 1.807) is 45.0 Å². The zero-order valence-electron chi connectivity index (χ0n) is 15.1. The van der Waals surface area contributed by atoms with Gasteiger partial charge >= 0.3 is 93.5 Å². The molecular formula is C14H18O12Sn2. The molecule has 0 N–H and O–H groups in total. The monoisotopic (exact) mass is 618 g/mol. The fourth-order valence-corrected chi connectivity index (χ4v) is 2.37. The van der Waals surface area contributed by atoms with Crippen LogP contribution < -0.4 is 30.6 Å². The number of carboxylic acids is 6. The SMILES string of the molecule is CCC[CH2][Sn+3].CCC[CH2][Sn+3].O=C([O-])C(=O)[O-].O=C([O-])C(=O)[O-].O=C([O-])C(=O)[O-]. The molecule has 12 nitrogen and oxygen atoms in total. The standard InChI is InChI=1S/2C4H9.3C2H2O4.2Sn/c2*1-3-4-2;3*3-1(4)2(5)6;;/h2*1,3-4H2,2H3;3*(H,3,4)(H,5,6);;/q;;;;;2*+3/p-6. The number of rotatable bonds is 4. The van der Waals surface area contributed by atoms with Crippen LogP contribution in [-0.2, 0) is 28.8 Å². The van der Waals surface area contributed by atoms with Crippen molar-refractivity contribution in [3.05, 3.63) is 0 Å². The summed E-state index contributed by atoms with van der Waals surface area (Å²) >= 11 is 3.37. The molecule has 0 aromatic carbocycles. The normalized spacial score (nSPS) is 7.79. The first-order valence-corrected chi connectivity index (χ1v) is 11.4. The van der Waals surface area contributed by atoms with Crippen LogP contribution in [0.25, 0.3) is 0 Å². The predicted molar refractivity (Wildman–Crippen MR) is 81.0 cm³/mol. The van der Waals surface area contributed by atoms with E-state index < -0.39 is 35.8 Å². The van der Waals surface area contributed by atoms with Crippen LogP contribution in [0.4, 0.5) is 0 Å². The average Bonchev–Trinajstić information content (AvgIpc) is 2.58. The van der Waals surface area contributed by atoms with Crippen LogP contribution in [-0.4, -0.2) is 80.9 Å². The van der Waals surface area contributed by atoms with Crippen molar-refractivity contribution in [1.29, 1.82) is 0 Å². The minimum absolute atomic E-state index is 1.37. The van der Waals surface area contributed by atoms with E-state index in [4.69, 9.17) is 59.4 Å². The Balaban J connectivity index is -0.0000000789. The minimum atomic E-state index is -2.19. The van der Waals surface area contributed by atoms with Crippen LogP contribution in [0.3, 0.4) is 0 Å². The molecule has 0 fully saturated rings. The topological polar surface area (TPSA) is 241 Å². The molecule has 0 aliphatic heterocycles. The van der Waals surface area contributed by atoms with E-state index >= 15 is 0 Å². The van der Waals surface area contributed by atoms with E-state index in [2.05, 4.69) is 13.8 Å². The number of hydrogen-bond donors (Lipinski definition) is 0. The van der Waals surface area contributed by atoms with Gasteiger partial charge in [0.2, 0.25) is 0 Å². The van der Waals surface area contributed by atoms with Crippen molar-refractivity contribution >= 4 is 80.9 Å². The molecule has 154 valence electrons. The number of carboxylic acid groups (broad SMARTS) is 6. The van der Waals surface area contributed by atoms with Crippen LogP contribution in [0.15, 0.2) is 0 Å². The molecular weight excluding hydrogens is 598 g/mol. The molecule has 0 aromatic heterocycles. The summed E-state index contributed by atoms with van der Waals surface area (Å²) in [6.07, 6.45) is 5.59. The molecule has 0 rings (SSSR count). The van der Waals surface area contributed by atoms with Gasteiger partial charge in [-0.1, -0.05) is 0 Å². The van der Waals surface area contributed by atoms with Gasteiger partial charge in [0, 0.05) is 0 Å². The van der Waals surface area contributed by atoms with E-state index in [9.17, 15) is 0 Å². The van der Waals surface area contributed by atoms with E-state index in [1.165, 1.54) is 34.6 Å². The predicted octanol–water partition coefficient (Wildman–Crippen LogP) is -7.79. The fraction of sp³-hybridized carbons (Fsp3) is 0.571. The van der Waals surface area contributed by atoms with Crippen LogP contribution >= 0.6 is 0 Å². The van der Waals surface area contributed by atoms with Gasteiger partial charge in [0.25, 0.3) is 0 Å². The Morgan fingerprint density at radius 3 is 0.643 bits per heavy atom. The van der Waals surface area contributed by atoms with Crippen molar-refractivity contribution in [1.82, 2.24) is 0 Å². The second-order valence-electron chi connectivity index (χ2n) is 3.93. The number of unbranched alkanes of at least 4 members (excludes halogenated alkanes) is 2. The fourth-order valence-electron chi connectivity index (χ4n) is 0.354. The first-order chi connectivity index (χ1) is 12.8. The summed E-state index contributed by atoms with van der Waals surface area (Å²) in [7, 11) is 0. The van der Waals surface area contributed by atoms with Crippen LogP contribution in [0.5, 0.6) is 0 Å². The van der Waals surface area contributed by atoms with Gasteiger partial charge in [-0.15, -0.1) is 0 Å². The van der Waals surface area contributed by atoms with E-state index in [0.29, 0.717) is 0 Å². The summed E-state index contributed by atoms with van der Waals surface area (Å²) in [6.45, 7) is 4.45. The third-order valence-electron chi connectivity index (χ3n) is 1.56. The van der Waals surface area contributed by atoms with Crippen molar-refractivity contribution in [3.8, 4) is 0 Å². The van der Waals surface area contributed by atoms with Gasteiger partial charge in [-0.05, 0) is 0 Å². The number of hydrogen-bond acceptors (Lipinski definition) is 12. The molecule has 0 bridgehead atoms. The van der Waals surface area contributed by atoms with Gasteiger partial charge in [-0.25, -0.2) is 0 Å². The molecule has 0 heterocycles. The summed E-state index contributed by atoms with van der Waals surface area (Å²) in [6, 6.07) is 0. The Hall–Kier alpha value is -1.58. The second kappa shape index (κ2) is 30.2. The van der Waals surface area contributed by atoms with Crippen LogP contribution in [0, 0.1) is 0 Å². The molecule has 0 saturated heterocycles. The first kappa shape index (κ1) is 37.2. The van der Waals surface area contributed by atoms with Gasteiger partial charge in [0.05, 0.1) is 35.8 Å². The molecule has 0 atom stereocenters. The molecule has 28 heavy (non-hydrogen) atoms. The maximum Gasteiger partial charge on any atom is 0.0870 e. The molecule has 0 unspecified atom stereocenters.